The van der Waals surface area contributed by atoms with Crippen LogP contribution in [0.3, 0.4) is 0 Å². The van der Waals surface area contributed by atoms with Crippen molar-refractivity contribution < 1.29 is 20.1 Å². The average molecular weight is 380 g/mol. The maximum atomic E-state index is 12.4. The number of carbonyl (C=O) groups is 1. The van der Waals surface area contributed by atoms with Gasteiger partial charge in [-0.15, -0.1) is 0 Å². The summed E-state index contributed by atoms with van der Waals surface area (Å²) in [5.74, 6) is 0.0220. The maximum absolute atomic E-state index is 12.4. The van der Waals surface area contributed by atoms with Crippen molar-refractivity contribution >= 4 is 5.91 Å². The van der Waals surface area contributed by atoms with Crippen molar-refractivity contribution in [3.05, 3.63) is 28.8 Å². The minimum atomic E-state index is -1.03. The quantitative estimate of drug-likeness (QED) is 0.610. The number of carbonyl (C=O) groups excluding carboxylic acids is 1. The van der Waals surface area contributed by atoms with E-state index in [9.17, 15) is 20.1 Å². The molecule has 1 amide bonds. The lowest BCUT2D eigenvalue weighted by atomic mass is 9.77. The summed E-state index contributed by atoms with van der Waals surface area (Å²) < 4.78 is 0. The Bertz CT molecular complexity index is 629. The molecule has 5 nitrogen and oxygen atoms in total. The molecule has 0 fully saturated rings. The fourth-order valence-corrected chi connectivity index (χ4v) is 3.00. The zero-order valence-corrected chi connectivity index (χ0v) is 18.1. The van der Waals surface area contributed by atoms with Crippen LogP contribution < -0.4 is 5.32 Å². The van der Waals surface area contributed by atoms with E-state index in [1.165, 1.54) is 0 Å². The number of benzene rings is 1. The maximum Gasteiger partial charge on any atom is 0.221 e. The molecule has 0 aliphatic carbocycles. The number of aliphatic hydroxyl groups is 2. The second-order valence-corrected chi connectivity index (χ2v) is 9.99. The monoisotopic (exact) mass is 379 g/mol. The first-order chi connectivity index (χ1) is 12.1. The predicted molar refractivity (Wildman–Crippen MR) is 109 cm³/mol. The summed E-state index contributed by atoms with van der Waals surface area (Å²) in [5, 5.41) is 32.3. The Balaban J connectivity index is 3.23. The highest BCUT2D eigenvalue weighted by atomic mass is 16.3. The molecular weight excluding hydrogens is 342 g/mol. The molecule has 1 aromatic carbocycles. The van der Waals surface area contributed by atoms with Crippen LogP contribution in [0.25, 0.3) is 0 Å². The van der Waals surface area contributed by atoms with Gasteiger partial charge < -0.3 is 20.6 Å². The average Bonchev–Trinajstić information content (AvgIpc) is 2.52. The van der Waals surface area contributed by atoms with Gasteiger partial charge >= 0.3 is 0 Å². The van der Waals surface area contributed by atoms with Gasteiger partial charge in [-0.1, -0.05) is 60.6 Å². The molecule has 1 unspecified atom stereocenters. The molecule has 1 aromatic rings. The van der Waals surface area contributed by atoms with Crippen LogP contribution in [-0.4, -0.2) is 40.0 Å². The number of hydrogen-bond donors (Lipinski definition) is 4. The Morgan fingerprint density at radius 3 is 1.70 bits per heavy atom. The Morgan fingerprint density at radius 1 is 0.963 bits per heavy atom. The molecule has 0 aliphatic heterocycles. The first-order valence-electron chi connectivity index (χ1n) is 9.55. The van der Waals surface area contributed by atoms with Gasteiger partial charge in [0.15, 0.2) is 0 Å². The smallest absolute Gasteiger partial charge is 0.221 e. The van der Waals surface area contributed by atoms with E-state index in [1.54, 1.807) is 6.92 Å². The van der Waals surface area contributed by atoms with E-state index in [-0.39, 0.29) is 42.3 Å². The Labute approximate surface area is 163 Å². The number of aromatic hydroxyl groups is 1. The number of aliphatic hydroxyl groups excluding tert-OH is 2. The topological polar surface area (TPSA) is 89.8 Å². The molecule has 0 aromatic heterocycles. The van der Waals surface area contributed by atoms with Crippen molar-refractivity contribution in [1.82, 2.24) is 5.32 Å². The summed E-state index contributed by atoms with van der Waals surface area (Å²) in [7, 11) is 0. The van der Waals surface area contributed by atoms with Crippen molar-refractivity contribution in [3.63, 3.8) is 0 Å². The number of hydrogen-bond acceptors (Lipinski definition) is 4. The first-order valence-corrected chi connectivity index (χ1v) is 9.55. The highest BCUT2D eigenvalue weighted by Gasteiger charge is 2.29. The van der Waals surface area contributed by atoms with Crippen LogP contribution in [0.4, 0.5) is 0 Å². The number of amides is 1. The molecule has 4 N–H and O–H groups in total. The molecule has 154 valence electrons. The van der Waals surface area contributed by atoms with Gasteiger partial charge in [-0.25, -0.2) is 0 Å². The van der Waals surface area contributed by atoms with Crippen molar-refractivity contribution in [2.75, 3.05) is 13.2 Å². The second kappa shape index (κ2) is 8.19. The zero-order chi connectivity index (χ0) is 21.2. The highest BCUT2D eigenvalue weighted by Crippen LogP contribution is 2.41. The van der Waals surface area contributed by atoms with Crippen LogP contribution in [0.2, 0.25) is 0 Å². The summed E-state index contributed by atoms with van der Waals surface area (Å²) >= 11 is 0. The van der Waals surface area contributed by atoms with Gasteiger partial charge in [0.25, 0.3) is 0 Å². The lowest BCUT2D eigenvalue weighted by molar-refractivity contribution is -0.124. The normalized spacial score (nSPS) is 14.1. The molecule has 0 spiro atoms. The summed E-state index contributed by atoms with van der Waals surface area (Å²) in [4.78, 5) is 12.4. The van der Waals surface area contributed by atoms with Crippen LogP contribution in [0.15, 0.2) is 12.1 Å². The minimum Gasteiger partial charge on any atom is -0.507 e. The van der Waals surface area contributed by atoms with E-state index in [2.05, 4.69) is 46.9 Å². The molecule has 27 heavy (non-hydrogen) atoms. The van der Waals surface area contributed by atoms with Crippen molar-refractivity contribution in [3.8, 4) is 5.75 Å². The first kappa shape index (κ1) is 23.4. The van der Waals surface area contributed by atoms with Crippen molar-refractivity contribution in [2.24, 2.45) is 0 Å². The second-order valence-electron chi connectivity index (χ2n) is 9.99. The van der Waals surface area contributed by atoms with Crippen molar-refractivity contribution in [2.45, 2.75) is 84.1 Å². The molecule has 0 saturated heterocycles. The van der Waals surface area contributed by atoms with Gasteiger partial charge in [-0.3, -0.25) is 4.79 Å². The Morgan fingerprint density at radius 2 is 1.37 bits per heavy atom. The third-order valence-electron chi connectivity index (χ3n) is 4.95. The number of phenols is 1. The van der Waals surface area contributed by atoms with E-state index in [0.29, 0.717) is 5.75 Å². The van der Waals surface area contributed by atoms with Crippen LogP contribution in [0.1, 0.15) is 84.4 Å². The van der Waals surface area contributed by atoms with Crippen molar-refractivity contribution in [1.29, 1.82) is 0 Å². The standard InChI is InChI=1S/C22H37NO4/c1-14(9-18(26)23-22(8,12-24)13-25)15-10-16(20(2,3)4)19(27)17(11-15)21(5,6)7/h10-11,14,24-25,27H,9,12-13H2,1-8H3,(H,23,26). The molecule has 0 aliphatic rings. The third-order valence-corrected chi connectivity index (χ3v) is 4.95. The van der Waals surface area contributed by atoms with E-state index >= 15 is 0 Å². The fourth-order valence-electron chi connectivity index (χ4n) is 3.00. The molecule has 0 bridgehead atoms. The molecule has 0 saturated carbocycles. The summed E-state index contributed by atoms with van der Waals surface area (Å²) in [6, 6.07) is 3.97. The number of rotatable bonds is 6. The van der Waals surface area contributed by atoms with E-state index in [0.717, 1.165) is 16.7 Å². The lowest BCUT2D eigenvalue weighted by Gasteiger charge is -2.30. The van der Waals surface area contributed by atoms with Gasteiger partial charge in [-0.2, -0.15) is 0 Å². The summed E-state index contributed by atoms with van der Waals surface area (Å²) in [5.41, 5.74) is 1.25. The summed E-state index contributed by atoms with van der Waals surface area (Å²) in [6.45, 7) is 15.3. The van der Waals surface area contributed by atoms with Crippen LogP contribution >= 0.6 is 0 Å². The van der Waals surface area contributed by atoms with Gasteiger partial charge in [0.2, 0.25) is 5.91 Å². The SMILES string of the molecule is CC(CC(=O)NC(C)(CO)CO)c1cc(C(C)(C)C)c(O)c(C(C)(C)C)c1. The van der Waals surface area contributed by atoms with E-state index < -0.39 is 5.54 Å². The zero-order valence-electron chi connectivity index (χ0n) is 18.1. The van der Waals surface area contributed by atoms with Crippen LogP contribution in [0.5, 0.6) is 5.75 Å². The fraction of sp³-hybridized carbons (Fsp3) is 0.682. The summed E-state index contributed by atoms with van der Waals surface area (Å²) in [6.07, 6.45) is 0.230. The highest BCUT2D eigenvalue weighted by molar-refractivity contribution is 5.77. The van der Waals surface area contributed by atoms with Gasteiger partial charge in [0, 0.05) is 6.42 Å². The lowest BCUT2D eigenvalue weighted by Crippen LogP contribution is -2.51. The molecule has 5 heteroatoms. The number of phenolic OH excluding ortho intramolecular Hbond substituents is 1. The molecule has 1 atom stereocenters. The Hall–Kier alpha value is -1.59. The molecule has 0 heterocycles. The van der Waals surface area contributed by atoms with Gasteiger partial charge in [-0.05, 0) is 40.4 Å². The van der Waals surface area contributed by atoms with E-state index in [4.69, 9.17) is 0 Å². The molecular formula is C22H37NO4. The van der Waals surface area contributed by atoms with Gasteiger partial charge in [0.1, 0.15) is 5.75 Å². The van der Waals surface area contributed by atoms with Gasteiger partial charge in [0.05, 0.1) is 18.8 Å². The Kier molecular flexibility index (Phi) is 7.11. The predicted octanol–water partition coefficient (Wildman–Crippen LogP) is 3.34. The number of nitrogens with one attached hydrogen (secondary N) is 1. The largest absolute Gasteiger partial charge is 0.507 e. The minimum absolute atomic E-state index is 0.0746. The molecule has 0 radical (unpaired) electrons. The van der Waals surface area contributed by atoms with E-state index in [1.807, 2.05) is 19.1 Å². The van der Waals surface area contributed by atoms with Crippen LogP contribution in [0, 0.1) is 0 Å². The molecule has 1 rings (SSSR count). The van der Waals surface area contributed by atoms with Crippen LogP contribution in [-0.2, 0) is 15.6 Å². The third kappa shape index (κ3) is 5.94.